The van der Waals surface area contributed by atoms with Crippen molar-refractivity contribution in [1.82, 2.24) is 4.90 Å². The lowest BCUT2D eigenvalue weighted by molar-refractivity contribution is -0.139. The second-order valence-corrected chi connectivity index (χ2v) is 10.7. The number of carbonyl (C=O) groups excluding carboxylic acids is 2. The molecule has 1 aliphatic heterocycles. The zero-order valence-electron chi connectivity index (χ0n) is 22.9. The first-order valence-corrected chi connectivity index (χ1v) is 12.7. The van der Waals surface area contributed by atoms with Crippen molar-refractivity contribution in [2.75, 3.05) is 20.8 Å². The number of aryl methyl sites for hydroxylation is 1. The SMILES string of the molecule is COc1ccc(CCN2C(=O)C(=O)C(=C(O)c3ccc(C)cc3)[C@H]2c2ccc(C(C)(C)C)cc2)cc1OC. The molecule has 1 saturated heterocycles. The van der Waals surface area contributed by atoms with E-state index in [9.17, 15) is 14.7 Å². The molecule has 0 aliphatic carbocycles. The van der Waals surface area contributed by atoms with Gasteiger partial charge in [0, 0.05) is 12.1 Å². The summed E-state index contributed by atoms with van der Waals surface area (Å²) in [6.07, 6.45) is 0.495. The highest BCUT2D eigenvalue weighted by Crippen LogP contribution is 2.40. The van der Waals surface area contributed by atoms with E-state index in [4.69, 9.17) is 9.47 Å². The average molecular weight is 514 g/mol. The number of Topliss-reactive ketones (excluding diaryl/α,β-unsaturated/α-hetero) is 1. The first-order chi connectivity index (χ1) is 18.0. The monoisotopic (exact) mass is 513 g/mol. The minimum Gasteiger partial charge on any atom is -0.507 e. The minimum atomic E-state index is -0.703. The molecule has 6 heteroatoms. The van der Waals surface area contributed by atoms with E-state index in [1.807, 2.05) is 61.5 Å². The lowest BCUT2D eigenvalue weighted by Crippen LogP contribution is -2.31. The topological polar surface area (TPSA) is 76.1 Å². The number of methoxy groups -OCH3 is 2. The van der Waals surface area contributed by atoms with Crippen LogP contribution in [-0.4, -0.2) is 42.5 Å². The summed E-state index contributed by atoms with van der Waals surface area (Å²) in [4.78, 5) is 28.3. The number of ketones is 1. The van der Waals surface area contributed by atoms with Gasteiger partial charge in [0.15, 0.2) is 11.5 Å². The molecule has 0 aromatic heterocycles. The fraction of sp³-hybridized carbons (Fsp3) is 0.312. The molecule has 0 unspecified atom stereocenters. The number of ether oxygens (including phenoxy) is 2. The molecule has 1 heterocycles. The second kappa shape index (κ2) is 10.7. The van der Waals surface area contributed by atoms with Crippen LogP contribution in [0.5, 0.6) is 11.5 Å². The van der Waals surface area contributed by atoms with Crippen LogP contribution < -0.4 is 9.47 Å². The van der Waals surface area contributed by atoms with Crippen LogP contribution in [0.15, 0.2) is 72.3 Å². The maximum atomic E-state index is 13.4. The minimum absolute atomic E-state index is 0.0460. The van der Waals surface area contributed by atoms with Crippen LogP contribution in [0, 0.1) is 6.92 Å². The predicted molar refractivity (Wildman–Crippen MR) is 149 cm³/mol. The molecule has 0 radical (unpaired) electrons. The molecular weight excluding hydrogens is 478 g/mol. The Morgan fingerprint density at radius 3 is 2.11 bits per heavy atom. The zero-order chi connectivity index (χ0) is 27.6. The normalized spacial score (nSPS) is 17.1. The third kappa shape index (κ3) is 5.30. The first kappa shape index (κ1) is 27.0. The van der Waals surface area contributed by atoms with Gasteiger partial charge in [0.25, 0.3) is 11.7 Å². The number of aliphatic hydroxyl groups is 1. The predicted octanol–water partition coefficient (Wildman–Crippen LogP) is 5.97. The Morgan fingerprint density at radius 1 is 0.895 bits per heavy atom. The Morgan fingerprint density at radius 2 is 1.53 bits per heavy atom. The highest BCUT2D eigenvalue weighted by molar-refractivity contribution is 6.46. The summed E-state index contributed by atoms with van der Waals surface area (Å²) in [5.41, 5.74) is 4.45. The molecule has 1 fully saturated rings. The molecule has 198 valence electrons. The van der Waals surface area contributed by atoms with E-state index in [0.29, 0.717) is 23.5 Å². The maximum absolute atomic E-state index is 13.4. The summed E-state index contributed by atoms with van der Waals surface area (Å²) in [7, 11) is 3.16. The molecule has 3 aromatic carbocycles. The second-order valence-electron chi connectivity index (χ2n) is 10.7. The van der Waals surface area contributed by atoms with Crippen LogP contribution in [0.25, 0.3) is 5.76 Å². The average Bonchev–Trinajstić information content (AvgIpc) is 3.16. The number of hydrogen-bond acceptors (Lipinski definition) is 5. The molecule has 1 N–H and O–H groups in total. The Balaban J connectivity index is 1.76. The van der Waals surface area contributed by atoms with Gasteiger partial charge in [0.05, 0.1) is 25.8 Å². The van der Waals surface area contributed by atoms with E-state index in [0.717, 1.165) is 22.3 Å². The Labute approximate surface area is 224 Å². The number of aliphatic hydroxyl groups excluding tert-OH is 1. The van der Waals surface area contributed by atoms with Crippen molar-refractivity contribution < 1.29 is 24.2 Å². The summed E-state index contributed by atoms with van der Waals surface area (Å²) in [6, 6.07) is 20.1. The molecule has 6 nitrogen and oxygen atoms in total. The summed E-state index contributed by atoms with van der Waals surface area (Å²) < 4.78 is 10.8. The Kier molecular flexibility index (Phi) is 7.63. The van der Waals surface area contributed by atoms with Crippen molar-refractivity contribution in [3.63, 3.8) is 0 Å². The Hall–Kier alpha value is -4.06. The highest BCUT2D eigenvalue weighted by atomic mass is 16.5. The van der Waals surface area contributed by atoms with Gasteiger partial charge < -0.3 is 19.5 Å². The number of carbonyl (C=O) groups is 2. The largest absolute Gasteiger partial charge is 0.507 e. The molecule has 1 atom stereocenters. The van der Waals surface area contributed by atoms with Gasteiger partial charge in [0.2, 0.25) is 0 Å². The van der Waals surface area contributed by atoms with E-state index < -0.39 is 17.7 Å². The van der Waals surface area contributed by atoms with Crippen molar-refractivity contribution in [2.24, 2.45) is 0 Å². The summed E-state index contributed by atoms with van der Waals surface area (Å²) in [5, 5.41) is 11.3. The quantitative estimate of drug-likeness (QED) is 0.239. The lowest BCUT2D eigenvalue weighted by atomic mass is 9.85. The van der Waals surface area contributed by atoms with Crippen molar-refractivity contribution in [2.45, 2.75) is 45.6 Å². The van der Waals surface area contributed by atoms with Gasteiger partial charge in [-0.3, -0.25) is 9.59 Å². The molecule has 3 aromatic rings. The molecule has 0 spiro atoms. The van der Waals surface area contributed by atoms with Crippen LogP contribution in [0.4, 0.5) is 0 Å². The van der Waals surface area contributed by atoms with Gasteiger partial charge in [-0.25, -0.2) is 0 Å². The van der Waals surface area contributed by atoms with Crippen molar-refractivity contribution in [3.05, 3.63) is 100 Å². The molecule has 0 bridgehead atoms. The standard InChI is InChI=1S/C32H35NO5/c1-20-7-10-23(11-8-20)29(34)27-28(22-12-14-24(15-13-22)32(2,3)4)33(31(36)30(27)35)18-17-21-9-16-25(37-5)26(19-21)38-6/h7-16,19,28,34H,17-18H2,1-6H3/t28-/m1/s1. The highest BCUT2D eigenvalue weighted by Gasteiger charge is 2.45. The van der Waals surface area contributed by atoms with Crippen LogP contribution in [0.2, 0.25) is 0 Å². The molecule has 38 heavy (non-hydrogen) atoms. The van der Waals surface area contributed by atoms with Gasteiger partial charge in [-0.05, 0) is 47.6 Å². The summed E-state index contributed by atoms with van der Waals surface area (Å²) in [5.74, 6) is -0.249. The summed E-state index contributed by atoms with van der Waals surface area (Å²) >= 11 is 0. The fourth-order valence-electron chi connectivity index (χ4n) is 4.78. The van der Waals surface area contributed by atoms with E-state index in [1.165, 1.54) is 0 Å². The van der Waals surface area contributed by atoms with Crippen molar-refractivity contribution in [1.29, 1.82) is 0 Å². The number of benzene rings is 3. The van der Waals surface area contributed by atoms with Gasteiger partial charge in [0.1, 0.15) is 5.76 Å². The van der Waals surface area contributed by atoms with Crippen LogP contribution in [-0.2, 0) is 21.4 Å². The molecular formula is C32H35NO5. The lowest BCUT2D eigenvalue weighted by Gasteiger charge is -2.26. The summed E-state index contributed by atoms with van der Waals surface area (Å²) in [6.45, 7) is 8.64. The van der Waals surface area contributed by atoms with E-state index >= 15 is 0 Å². The van der Waals surface area contributed by atoms with E-state index in [2.05, 4.69) is 20.8 Å². The third-order valence-corrected chi connectivity index (χ3v) is 7.05. The van der Waals surface area contributed by atoms with Gasteiger partial charge >= 0.3 is 0 Å². The zero-order valence-corrected chi connectivity index (χ0v) is 22.9. The van der Waals surface area contributed by atoms with Crippen LogP contribution in [0.3, 0.4) is 0 Å². The third-order valence-electron chi connectivity index (χ3n) is 7.05. The van der Waals surface area contributed by atoms with Crippen LogP contribution in [0.1, 0.15) is 54.6 Å². The molecule has 0 saturated carbocycles. The van der Waals surface area contributed by atoms with Crippen LogP contribution >= 0.6 is 0 Å². The van der Waals surface area contributed by atoms with Gasteiger partial charge in [-0.1, -0.05) is 80.9 Å². The van der Waals surface area contributed by atoms with Gasteiger partial charge in [-0.15, -0.1) is 0 Å². The van der Waals surface area contributed by atoms with Crippen molar-refractivity contribution >= 4 is 17.4 Å². The smallest absolute Gasteiger partial charge is 0.295 e. The Bertz CT molecular complexity index is 1360. The fourth-order valence-corrected chi connectivity index (χ4v) is 4.78. The van der Waals surface area contributed by atoms with Crippen molar-refractivity contribution in [3.8, 4) is 11.5 Å². The van der Waals surface area contributed by atoms with E-state index in [-0.39, 0.29) is 23.3 Å². The molecule has 4 rings (SSSR count). The number of rotatable bonds is 7. The first-order valence-electron chi connectivity index (χ1n) is 12.7. The number of hydrogen-bond donors (Lipinski definition) is 1. The number of amides is 1. The molecule has 1 amide bonds. The molecule has 1 aliphatic rings. The number of nitrogens with zero attached hydrogens (tertiary/aromatic N) is 1. The maximum Gasteiger partial charge on any atom is 0.295 e. The number of likely N-dealkylation sites (tertiary alicyclic amines) is 1. The van der Waals surface area contributed by atoms with Gasteiger partial charge in [-0.2, -0.15) is 0 Å². The van der Waals surface area contributed by atoms with E-state index in [1.54, 1.807) is 31.3 Å².